The van der Waals surface area contributed by atoms with Crippen LogP contribution in [0.15, 0.2) is 83.8 Å². The van der Waals surface area contributed by atoms with Crippen molar-refractivity contribution in [3.63, 3.8) is 0 Å². The maximum atomic E-state index is 13.7. The molecule has 86 heavy (non-hydrogen) atoms. The van der Waals surface area contributed by atoms with Gasteiger partial charge in [0.05, 0.1) is 30.6 Å². The number of carbonyl (C=O) groups is 10. The number of carboxylic acid groups (broad SMARTS) is 3. The highest BCUT2D eigenvalue weighted by Crippen LogP contribution is 2.26. The molecule has 0 aliphatic carbocycles. The molecule has 33 heteroatoms. The number of H-pyrrole nitrogens is 3. The van der Waals surface area contributed by atoms with Crippen molar-refractivity contribution >= 4 is 143 Å². The molecular formula is C53H57N17O14S2. The van der Waals surface area contributed by atoms with Crippen molar-refractivity contribution < 1.29 is 63.3 Å². The van der Waals surface area contributed by atoms with Crippen molar-refractivity contribution in [2.45, 2.75) is 69.2 Å². The number of aldehydes is 1. The van der Waals surface area contributed by atoms with Gasteiger partial charge in [-0.3, -0.25) is 53.5 Å². The van der Waals surface area contributed by atoms with Gasteiger partial charge in [0, 0.05) is 75.3 Å². The number of aromatic nitrogens is 6. The lowest BCUT2D eigenvalue weighted by Crippen LogP contribution is -2.56. The summed E-state index contributed by atoms with van der Waals surface area (Å²) in [5, 5.41) is 58.8. The largest absolute Gasteiger partial charge is 0.481 e. The van der Waals surface area contributed by atoms with Crippen LogP contribution in [0.4, 0.5) is 23.0 Å². The molecule has 7 rings (SSSR count). The van der Waals surface area contributed by atoms with E-state index in [1.165, 1.54) is 30.5 Å². The summed E-state index contributed by atoms with van der Waals surface area (Å²) in [7, 11) is 2.11. The zero-order valence-corrected chi connectivity index (χ0v) is 46.7. The lowest BCUT2D eigenvalue weighted by molar-refractivity contribution is -0.143. The first-order chi connectivity index (χ1) is 41.1. The Labute approximate surface area is 493 Å². The monoisotopic (exact) mass is 1220 g/mol. The van der Waals surface area contributed by atoms with Crippen LogP contribution in [0.25, 0.3) is 33.0 Å². The van der Waals surface area contributed by atoms with Crippen LogP contribution in [0.2, 0.25) is 0 Å². The van der Waals surface area contributed by atoms with E-state index in [9.17, 15) is 68.1 Å². The highest BCUT2D eigenvalue weighted by molar-refractivity contribution is 8.76. The Kier molecular flexibility index (Phi) is 21.7. The van der Waals surface area contributed by atoms with Crippen LogP contribution < -0.4 is 59.6 Å². The van der Waals surface area contributed by atoms with Crippen molar-refractivity contribution in [3.8, 4) is 0 Å². The topological polar surface area (TPSA) is 507 Å². The van der Waals surface area contributed by atoms with Gasteiger partial charge in [0.25, 0.3) is 17.4 Å². The maximum absolute atomic E-state index is 13.7. The summed E-state index contributed by atoms with van der Waals surface area (Å²) in [4.78, 5) is 160. The fourth-order valence-corrected chi connectivity index (χ4v) is 10.4. The second kappa shape index (κ2) is 29.6. The van der Waals surface area contributed by atoms with Gasteiger partial charge < -0.3 is 79.3 Å². The molecule has 0 radical (unpaired) electrons. The van der Waals surface area contributed by atoms with Gasteiger partial charge in [-0.1, -0.05) is 21.6 Å². The number of amides is 6. The van der Waals surface area contributed by atoms with Crippen LogP contribution in [-0.2, 0) is 40.1 Å². The minimum atomic E-state index is -1.86. The standard InChI is InChI=1S/C53H57N17O14S2/c54-52(55)57-14-1-2-35(65-40(72)12-11-36(50(81)82)66-45(76)25-3-5-28(6-4-25)58-21-32-22-59-44-43(62-32)49(80)70-53(56)69-44)46(77)67-38(20-42(74)75)48(79)68-39(51(83)84)24-86-85-15-13-41(73)61-29-7-10-34-27(17-29)19-37(64-34)47(78)63-30-8-9-33-26(16-30)18-31(23-71)60-33/h3-10,16-19,22-23,35-36,38-39,58,60,64H,1-2,11-15,20-21,24H2,(H,61,73)(H,63,78)(H,65,72)(H,66,76)(H,67,77)(H,68,79)(H,74,75)(H,81,82)(H,83,84)(H4,54,55,57)(H3,56,59,69,70,80)/t35-,36-,38-,39?/m1/s1. The van der Waals surface area contributed by atoms with Gasteiger partial charge in [-0.15, -0.1) is 0 Å². The molecule has 0 saturated heterocycles. The summed E-state index contributed by atoms with van der Waals surface area (Å²) >= 11 is 0. The third-order valence-electron chi connectivity index (χ3n) is 12.5. The molecule has 6 amide bonds. The maximum Gasteiger partial charge on any atom is 0.327 e. The fourth-order valence-electron chi connectivity index (χ4n) is 8.29. The van der Waals surface area contributed by atoms with Gasteiger partial charge in [0.1, 0.15) is 29.9 Å². The fraction of sp³-hybridized carbons (Fsp3) is 0.264. The summed E-state index contributed by atoms with van der Waals surface area (Å²) in [5.74, 6) is -9.89. The number of fused-ring (bicyclic) bond motifs is 3. The minimum absolute atomic E-state index is 0.0175. The Bertz CT molecular complexity index is 3800. The van der Waals surface area contributed by atoms with Crippen molar-refractivity contribution in [2.75, 3.05) is 39.7 Å². The van der Waals surface area contributed by atoms with Crippen molar-refractivity contribution in [1.29, 1.82) is 5.41 Å². The number of benzene rings is 3. The third-order valence-corrected chi connectivity index (χ3v) is 15.0. The molecule has 0 fully saturated rings. The molecule has 0 aliphatic heterocycles. The number of hydrogen-bond donors (Lipinski definition) is 17. The van der Waals surface area contributed by atoms with Crippen molar-refractivity contribution in [2.24, 2.45) is 5.73 Å². The summed E-state index contributed by atoms with van der Waals surface area (Å²) in [5.41, 5.74) is 14.3. The van der Waals surface area contributed by atoms with E-state index in [2.05, 4.69) is 72.4 Å². The number of aromatic amines is 3. The van der Waals surface area contributed by atoms with Crippen LogP contribution in [0.3, 0.4) is 0 Å². The molecule has 19 N–H and O–H groups in total. The first-order valence-corrected chi connectivity index (χ1v) is 28.5. The Morgan fingerprint density at radius 2 is 1.35 bits per heavy atom. The molecule has 0 spiro atoms. The second-order valence-electron chi connectivity index (χ2n) is 19.0. The number of carboxylic acids is 3. The smallest absolute Gasteiger partial charge is 0.327 e. The summed E-state index contributed by atoms with van der Waals surface area (Å²) in [6, 6.07) is 12.7. The third kappa shape index (κ3) is 18.2. The lowest BCUT2D eigenvalue weighted by Gasteiger charge is -2.24. The molecular weight excluding hydrogens is 1160 g/mol. The average Bonchev–Trinajstić information content (AvgIpc) is 2.58. The molecule has 1 unspecified atom stereocenters. The number of nitrogens with two attached hydrogens (primary N) is 2. The Morgan fingerprint density at radius 1 is 0.686 bits per heavy atom. The zero-order chi connectivity index (χ0) is 62.0. The van der Waals surface area contributed by atoms with Crippen LogP contribution in [0, 0.1) is 5.41 Å². The van der Waals surface area contributed by atoms with Gasteiger partial charge >= 0.3 is 17.9 Å². The lowest BCUT2D eigenvalue weighted by atomic mass is 10.1. The number of nitrogens with one attached hydrogen (secondary N) is 12. The first kappa shape index (κ1) is 63.0. The Hall–Kier alpha value is -10.6. The highest BCUT2D eigenvalue weighted by atomic mass is 33.1. The number of hydrogen-bond acceptors (Lipinski definition) is 19. The number of carbonyl (C=O) groups excluding carboxylic acids is 7. The molecule has 31 nitrogen and oxygen atoms in total. The Balaban J connectivity index is 0.862. The van der Waals surface area contributed by atoms with Crippen LogP contribution in [-0.4, -0.2) is 153 Å². The highest BCUT2D eigenvalue weighted by Gasteiger charge is 2.32. The van der Waals surface area contributed by atoms with Crippen LogP contribution in [0.1, 0.15) is 75.6 Å². The first-order valence-electron chi connectivity index (χ1n) is 26.0. The van der Waals surface area contributed by atoms with Crippen LogP contribution >= 0.6 is 21.6 Å². The van der Waals surface area contributed by atoms with Gasteiger partial charge in [-0.25, -0.2) is 19.6 Å². The van der Waals surface area contributed by atoms with Gasteiger partial charge in [0.2, 0.25) is 29.6 Å². The molecule has 4 heterocycles. The van der Waals surface area contributed by atoms with E-state index < -0.39 is 102 Å². The predicted octanol–water partition coefficient (Wildman–Crippen LogP) is 1.59. The molecule has 450 valence electrons. The number of rotatable bonds is 31. The summed E-state index contributed by atoms with van der Waals surface area (Å²) < 4.78 is 0. The minimum Gasteiger partial charge on any atom is -0.481 e. The van der Waals surface area contributed by atoms with E-state index >= 15 is 0 Å². The summed E-state index contributed by atoms with van der Waals surface area (Å²) in [6.07, 6.45) is -0.0725. The van der Waals surface area contributed by atoms with E-state index in [1.807, 2.05) is 0 Å². The molecule has 3 aromatic carbocycles. The summed E-state index contributed by atoms with van der Waals surface area (Å²) in [6.45, 7) is 0.149. The SMILES string of the molecule is N=C(N)NCCC[C@@H](NC(=O)CC[C@@H](NC(=O)c1ccc(NCc2cnc3nc(N)[nH]c(=O)c3n2)cc1)C(=O)O)C(=O)N[C@H](CC(=O)O)C(=O)NC(CSSCCC(=O)Nc1ccc2[nH]c(C(=O)Nc3ccc4[nH]c(C=O)cc4c3)cc2c1)C(=O)O. The molecule has 4 atom stereocenters. The van der Waals surface area contributed by atoms with Gasteiger partial charge in [-0.2, -0.15) is 4.98 Å². The number of anilines is 4. The van der Waals surface area contributed by atoms with Gasteiger partial charge in [0.15, 0.2) is 23.4 Å². The van der Waals surface area contributed by atoms with Crippen molar-refractivity contribution in [1.82, 2.24) is 56.5 Å². The molecule has 7 aromatic rings. The van der Waals surface area contributed by atoms with E-state index in [1.54, 1.807) is 48.5 Å². The molecule has 0 bridgehead atoms. The predicted molar refractivity (Wildman–Crippen MR) is 317 cm³/mol. The average molecular weight is 1220 g/mol. The second-order valence-corrected chi connectivity index (χ2v) is 21.6. The van der Waals surface area contributed by atoms with Crippen molar-refractivity contribution in [3.05, 3.63) is 112 Å². The number of aliphatic carboxylic acids is 3. The quantitative estimate of drug-likeness (QED) is 0.00964. The number of nitrogen functional groups attached to an aromatic ring is 1. The molecule has 0 aliphatic rings. The van der Waals surface area contributed by atoms with E-state index in [0.29, 0.717) is 45.6 Å². The van der Waals surface area contributed by atoms with E-state index in [0.717, 1.165) is 32.5 Å². The number of guanidine groups is 1. The van der Waals surface area contributed by atoms with E-state index in [4.69, 9.17) is 16.9 Å². The normalized spacial score (nSPS) is 12.4. The zero-order valence-electron chi connectivity index (χ0n) is 45.1. The van der Waals surface area contributed by atoms with Crippen LogP contribution in [0.5, 0.6) is 0 Å². The molecule has 0 saturated carbocycles. The Morgan fingerprint density at radius 3 is 2.03 bits per heavy atom. The van der Waals surface area contributed by atoms with E-state index in [-0.39, 0.29) is 78.1 Å². The molecule has 4 aromatic heterocycles. The number of nitrogens with zero attached hydrogens (tertiary/aromatic N) is 3. The van der Waals surface area contributed by atoms with Gasteiger partial charge in [-0.05, 0) is 92.1 Å².